The van der Waals surface area contributed by atoms with Crippen LogP contribution in [0.3, 0.4) is 0 Å². The lowest BCUT2D eigenvalue weighted by molar-refractivity contribution is -0.154. The topological polar surface area (TPSA) is 177 Å². The number of aromatic nitrogens is 5. The van der Waals surface area contributed by atoms with Gasteiger partial charge in [0.25, 0.3) is 5.91 Å². The van der Waals surface area contributed by atoms with Crippen molar-refractivity contribution in [3.8, 4) is 11.7 Å². The maximum Gasteiger partial charge on any atom is 0.422 e. The van der Waals surface area contributed by atoms with Gasteiger partial charge in [-0.05, 0) is 85.3 Å². The Hall–Kier alpha value is -6.23. The van der Waals surface area contributed by atoms with Gasteiger partial charge in [0.2, 0.25) is 11.9 Å². The molecule has 0 aliphatic heterocycles. The average Bonchev–Trinajstić information content (AvgIpc) is 3.81. The summed E-state index contributed by atoms with van der Waals surface area (Å²) in [4.78, 5) is 50.9. The monoisotopic (exact) mass is 790 g/mol. The van der Waals surface area contributed by atoms with Gasteiger partial charge in [0.05, 0.1) is 22.6 Å². The van der Waals surface area contributed by atoms with E-state index in [2.05, 4.69) is 46.6 Å². The number of halogens is 4. The molecule has 0 saturated heterocycles. The third kappa shape index (κ3) is 10.5. The van der Waals surface area contributed by atoms with Gasteiger partial charge < -0.3 is 31.3 Å². The Labute approximate surface area is 324 Å². The maximum absolute atomic E-state index is 13.0. The van der Waals surface area contributed by atoms with E-state index < -0.39 is 47.5 Å². The van der Waals surface area contributed by atoms with E-state index in [1.54, 1.807) is 71.5 Å². The quantitative estimate of drug-likeness (QED) is 0.0801. The molecule has 3 amide bonds. The van der Waals surface area contributed by atoms with E-state index in [0.29, 0.717) is 27.6 Å². The van der Waals surface area contributed by atoms with Gasteiger partial charge in [-0.15, -0.1) is 0 Å². The van der Waals surface area contributed by atoms with Crippen molar-refractivity contribution >= 4 is 52.6 Å². The predicted octanol–water partition coefficient (Wildman–Crippen LogP) is 6.32. The number of benzene rings is 3. The summed E-state index contributed by atoms with van der Waals surface area (Å²) in [6.07, 6.45) is -1.39. The second kappa shape index (κ2) is 16.2. The molecule has 1 aliphatic carbocycles. The van der Waals surface area contributed by atoms with E-state index in [0.717, 1.165) is 24.1 Å². The summed E-state index contributed by atoms with van der Waals surface area (Å²) in [7, 11) is 0. The first-order valence-corrected chi connectivity index (χ1v) is 17.8. The average molecular weight is 791 g/mol. The minimum absolute atomic E-state index is 0.00772. The molecule has 5 aromatic rings. The van der Waals surface area contributed by atoms with Crippen molar-refractivity contribution in [2.45, 2.75) is 45.3 Å². The van der Waals surface area contributed by atoms with Crippen LogP contribution in [0, 0.1) is 12.3 Å². The Balaban J connectivity index is 1.03. The highest BCUT2D eigenvalue weighted by atomic mass is 35.5. The summed E-state index contributed by atoms with van der Waals surface area (Å²) in [5.74, 6) is -2.17. The number of para-hydroxylation sites is 2. The fourth-order valence-corrected chi connectivity index (χ4v) is 5.62. The minimum Gasteiger partial charge on any atom is -0.454 e. The van der Waals surface area contributed by atoms with Crippen molar-refractivity contribution in [2.75, 3.05) is 35.6 Å². The summed E-state index contributed by atoms with van der Waals surface area (Å²) in [6, 6.07) is 21.7. The second-order valence-electron chi connectivity index (χ2n) is 14.0. The van der Waals surface area contributed by atoms with Gasteiger partial charge >= 0.3 is 24.0 Å². The number of nitrogens with one attached hydrogen (secondary N) is 5. The van der Waals surface area contributed by atoms with Crippen molar-refractivity contribution in [2.24, 2.45) is 5.41 Å². The molecule has 5 N–H and O–H groups in total. The summed E-state index contributed by atoms with van der Waals surface area (Å²) in [6.45, 7) is 4.13. The summed E-state index contributed by atoms with van der Waals surface area (Å²) >= 11 is 6.04. The van der Waals surface area contributed by atoms with E-state index in [1.165, 1.54) is 0 Å². The normalized spacial score (nSPS) is 13.3. The summed E-state index contributed by atoms with van der Waals surface area (Å²) in [5.41, 5.74) is 2.30. The van der Waals surface area contributed by atoms with Gasteiger partial charge in [0, 0.05) is 35.6 Å². The van der Waals surface area contributed by atoms with E-state index in [4.69, 9.17) is 16.3 Å². The number of hydrogen-bond acceptors (Lipinski definition) is 10. The van der Waals surface area contributed by atoms with E-state index in [1.807, 2.05) is 39.0 Å². The minimum atomic E-state index is -4.61. The molecule has 1 aliphatic rings. The van der Waals surface area contributed by atoms with Crippen LogP contribution in [-0.4, -0.2) is 68.3 Å². The number of carbonyl (C=O) groups excluding carboxylic acids is 3. The molecule has 0 bridgehead atoms. The molecular weight excluding hydrogens is 753 g/mol. The molecule has 0 atom stereocenters. The predicted molar refractivity (Wildman–Crippen MR) is 203 cm³/mol. The third-order valence-electron chi connectivity index (χ3n) is 8.66. The van der Waals surface area contributed by atoms with Crippen LogP contribution in [0.2, 0.25) is 5.02 Å². The van der Waals surface area contributed by atoms with Gasteiger partial charge in [0.15, 0.2) is 6.61 Å². The van der Waals surface area contributed by atoms with Crippen LogP contribution in [0.4, 0.5) is 36.4 Å². The molecule has 1 fully saturated rings. The number of amides is 3. The van der Waals surface area contributed by atoms with Crippen molar-refractivity contribution in [3.63, 3.8) is 0 Å². The molecule has 18 heteroatoms. The molecule has 292 valence electrons. The highest BCUT2D eigenvalue weighted by Gasteiger charge is 2.45. The zero-order valence-corrected chi connectivity index (χ0v) is 31.3. The number of carbonyl (C=O) groups is 3. The Morgan fingerprint density at radius 2 is 1.54 bits per heavy atom. The number of hydrogen-bond donors (Lipinski definition) is 5. The zero-order valence-electron chi connectivity index (χ0n) is 30.5. The molecule has 2 aromatic heterocycles. The Morgan fingerprint density at radius 1 is 0.857 bits per heavy atom. The Bertz CT molecular complexity index is 2210. The Morgan fingerprint density at radius 3 is 2.20 bits per heavy atom. The number of anilines is 4. The standard InChI is InChI=1S/C38H38ClF3N10O4/c1-23-16-19-52(51-23)29-7-5-4-6-28(29)46-32(55)31(54)44-21-36(2,3)20-43-30(53)24-8-14-27(15-9-24)45-33-47-34(49-35(48-33)56-22-38(40,41)42)50-37(17-18-37)25-10-12-26(39)13-11-25/h4-16,19H,17-18,20-22H2,1-3H3,(H,43,53)(H,44,54)(H,46,55)(H2,45,47,48,49,50). The summed E-state index contributed by atoms with van der Waals surface area (Å²) in [5, 5.41) is 19.2. The first-order valence-electron chi connectivity index (χ1n) is 17.4. The van der Waals surface area contributed by atoms with Crippen LogP contribution >= 0.6 is 11.6 Å². The number of ether oxygens (including phenoxy) is 1. The van der Waals surface area contributed by atoms with Crippen LogP contribution in [-0.2, 0) is 15.1 Å². The fourth-order valence-electron chi connectivity index (χ4n) is 5.50. The van der Waals surface area contributed by atoms with Crippen LogP contribution in [0.25, 0.3) is 5.69 Å². The molecule has 2 heterocycles. The maximum atomic E-state index is 13.0. The first kappa shape index (κ1) is 39.5. The Kier molecular flexibility index (Phi) is 11.4. The number of rotatable bonds is 14. The number of nitrogens with zero attached hydrogens (tertiary/aromatic N) is 5. The van der Waals surface area contributed by atoms with E-state index >= 15 is 0 Å². The molecule has 0 radical (unpaired) electrons. The van der Waals surface area contributed by atoms with Crippen molar-refractivity contribution in [1.29, 1.82) is 0 Å². The highest BCUT2D eigenvalue weighted by Crippen LogP contribution is 2.48. The lowest BCUT2D eigenvalue weighted by atomic mass is 9.93. The second-order valence-corrected chi connectivity index (χ2v) is 14.4. The van der Waals surface area contributed by atoms with Crippen molar-refractivity contribution in [3.05, 3.63) is 107 Å². The zero-order chi connectivity index (χ0) is 40.1. The van der Waals surface area contributed by atoms with Crippen molar-refractivity contribution < 1.29 is 32.3 Å². The first-order chi connectivity index (χ1) is 26.6. The lowest BCUT2D eigenvalue weighted by Gasteiger charge is -2.25. The van der Waals surface area contributed by atoms with Gasteiger partial charge in [0.1, 0.15) is 0 Å². The molecule has 1 saturated carbocycles. The number of alkyl halides is 3. The van der Waals surface area contributed by atoms with Crippen LogP contribution < -0.4 is 31.3 Å². The van der Waals surface area contributed by atoms with Crippen LogP contribution in [0.1, 0.15) is 48.3 Å². The molecule has 0 unspecified atom stereocenters. The SMILES string of the molecule is Cc1ccn(-c2ccccc2NC(=O)C(=O)NCC(C)(C)CNC(=O)c2ccc(Nc3nc(NC4(c5ccc(Cl)cc5)CC4)nc(OCC(F)(F)F)n3)cc2)n1. The van der Waals surface area contributed by atoms with Crippen molar-refractivity contribution in [1.82, 2.24) is 35.4 Å². The van der Waals surface area contributed by atoms with Gasteiger partial charge in [-0.2, -0.15) is 33.2 Å². The number of aryl methyl sites for hydroxylation is 1. The smallest absolute Gasteiger partial charge is 0.422 e. The van der Waals surface area contributed by atoms with Gasteiger partial charge in [-0.1, -0.05) is 49.7 Å². The molecule has 6 rings (SSSR count). The lowest BCUT2D eigenvalue weighted by Crippen LogP contribution is -2.45. The molecular formula is C38H38ClF3N10O4. The third-order valence-corrected chi connectivity index (χ3v) is 8.92. The molecule has 3 aromatic carbocycles. The van der Waals surface area contributed by atoms with Crippen LogP contribution in [0.5, 0.6) is 6.01 Å². The highest BCUT2D eigenvalue weighted by molar-refractivity contribution is 6.39. The summed E-state index contributed by atoms with van der Waals surface area (Å²) < 4.78 is 45.4. The van der Waals surface area contributed by atoms with E-state index in [-0.39, 0.29) is 25.0 Å². The van der Waals surface area contributed by atoms with Gasteiger partial charge in [-0.3, -0.25) is 14.4 Å². The van der Waals surface area contributed by atoms with Gasteiger partial charge in [-0.25, -0.2) is 4.68 Å². The molecule has 56 heavy (non-hydrogen) atoms. The fraction of sp³-hybridized carbons (Fsp3) is 0.289. The van der Waals surface area contributed by atoms with Crippen LogP contribution in [0.15, 0.2) is 85.1 Å². The molecule has 14 nitrogen and oxygen atoms in total. The molecule has 0 spiro atoms. The largest absolute Gasteiger partial charge is 0.454 e. The van der Waals surface area contributed by atoms with E-state index in [9.17, 15) is 27.6 Å².